The van der Waals surface area contributed by atoms with E-state index in [0.717, 1.165) is 17.1 Å². The maximum Gasteiger partial charge on any atom is 0.295 e. The van der Waals surface area contributed by atoms with Gasteiger partial charge in [-0.15, -0.1) is 0 Å². The van der Waals surface area contributed by atoms with Crippen LogP contribution in [-0.4, -0.2) is 51.7 Å². The van der Waals surface area contributed by atoms with Gasteiger partial charge in [-0.2, -0.15) is 5.10 Å². The molecule has 0 bridgehead atoms. The van der Waals surface area contributed by atoms with Gasteiger partial charge in [0.05, 0.1) is 10.6 Å². The van der Waals surface area contributed by atoms with Crippen LogP contribution in [0.15, 0.2) is 24.3 Å². The Bertz CT molecular complexity index is 905. The van der Waals surface area contributed by atoms with Gasteiger partial charge in [0.2, 0.25) is 5.91 Å². The summed E-state index contributed by atoms with van der Waals surface area (Å²) < 4.78 is 1.62. The molecule has 0 saturated carbocycles. The van der Waals surface area contributed by atoms with Crippen LogP contribution in [0.1, 0.15) is 32.2 Å². The lowest BCUT2D eigenvalue weighted by molar-refractivity contribution is -0.384. The first-order valence-corrected chi connectivity index (χ1v) is 9.44. The summed E-state index contributed by atoms with van der Waals surface area (Å²) in [5.74, 6) is 0.152. The Labute approximate surface area is 164 Å². The molecule has 1 aliphatic heterocycles. The minimum Gasteiger partial charge on any atom is -0.368 e. The van der Waals surface area contributed by atoms with Crippen LogP contribution < -0.4 is 4.90 Å². The number of aromatic nitrogens is 2. The lowest BCUT2D eigenvalue weighted by Crippen LogP contribution is -2.51. The summed E-state index contributed by atoms with van der Waals surface area (Å²) in [7, 11) is 0. The fraction of sp³-hybridized carbons (Fsp3) is 0.500. The Morgan fingerprint density at radius 1 is 1.11 bits per heavy atom. The van der Waals surface area contributed by atoms with E-state index in [9.17, 15) is 14.9 Å². The van der Waals surface area contributed by atoms with Crippen LogP contribution in [0.25, 0.3) is 5.69 Å². The SMILES string of the molecule is Cc1cc(C)n(-c2cc(N3CCN(C(=O)C(C)(C)C)CC3)ccc2[N+](=O)[O-])n1. The Morgan fingerprint density at radius 2 is 1.75 bits per heavy atom. The van der Waals surface area contributed by atoms with E-state index in [2.05, 4.69) is 10.00 Å². The molecule has 1 amide bonds. The predicted molar refractivity (Wildman–Crippen MR) is 108 cm³/mol. The fourth-order valence-electron chi connectivity index (χ4n) is 3.55. The number of hydrogen-bond donors (Lipinski definition) is 0. The topological polar surface area (TPSA) is 84.5 Å². The van der Waals surface area contributed by atoms with Crippen LogP contribution in [0.2, 0.25) is 0 Å². The minimum absolute atomic E-state index is 0.0245. The lowest BCUT2D eigenvalue weighted by Gasteiger charge is -2.38. The van der Waals surface area contributed by atoms with Gasteiger partial charge in [-0.05, 0) is 32.0 Å². The van der Waals surface area contributed by atoms with E-state index < -0.39 is 5.41 Å². The second-order valence-electron chi connectivity index (χ2n) is 8.30. The average Bonchev–Trinajstić information content (AvgIpc) is 2.98. The Kier molecular flexibility index (Phi) is 5.14. The third-order valence-electron chi connectivity index (χ3n) is 4.97. The number of carbonyl (C=O) groups is 1. The van der Waals surface area contributed by atoms with E-state index in [1.165, 1.54) is 6.07 Å². The maximum atomic E-state index is 12.5. The number of benzene rings is 1. The third kappa shape index (κ3) is 3.85. The van der Waals surface area contributed by atoms with Gasteiger partial charge in [0.25, 0.3) is 5.69 Å². The molecule has 3 rings (SSSR count). The highest BCUT2D eigenvalue weighted by atomic mass is 16.6. The van der Waals surface area contributed by atoms with E-state index in [4.69, 9.17) is 0 Å². The Balaban J connectivity index is 1.86. The molecule has 8 heteroatoms. The number of rotatable bonds is 3. The van der Waals surface area contributed by atoms with Crippen molar-refractivity contribution in [1.82, 2.24) is 14.7 Å². The molecule has 1 saturated heterocycles. The highest BCUT2D eigenvalue weighted by Gasteiger charge is 2.30. The number of hydrogen-bond acceptors (Lipinski definition) is 5. The minimum atomic E-state index is -0.391. The first kappa shape index (κ1) is 19.9. The summed E-state index contributed by atoms with van der Waals surface area (Å²) in [6.07, 6.45) is 0. The van der Waals surface area contributed by atoms with Gasteiger partial charge in [-0.1, -0.05) is 20.8 Å². The van der Waals surface area contributed by atoms with E-state index in [0.29, 0.717) is 31.9 Å². The van der Waals surface area contributed by atoms with Gasteiger partial charge < -0.3 is 9.80 Å². The normalized spacial score (nSPS) is 15.0. The zero-order valence-corrected chi connectivity index (χ0v) is 17.1. The van der Waals surface area contributed by atoms with Crippen molar-refractivity contribution in [2.45, 2.75) is 34.6 Å². The molecule has 2 heterocycles. The van der Waals surface area contributed by atoms with Gasteiger partial charge in [0.15, 0.2) is 0 Å². The first-order chi connectivity index (χ1) is 13.1. The highest BCUT2D eigenvalue weighted by molar-refractivity contribution is 5.81. The molecular formula is C20H27N5O3. The van der Waals surface area contributed by atoms with Crippen molar-refractivity contribution in [1.29, 1.82) is 0 Å². The molecule has 0 radical (unpaired) electrons. The number of aryl methyl sites for hydroxylation is 2. The second kappa shape index (κ2) is 7.26. The number of amides is 1. The third-order valence-corrected chi connectivity index (χ3v) is 4.97. The van der Waals surface area contributed by atoms with Gasteiger partial charge in [0, 0.05) is 49.0 Å². The number of anilines is 1. The van der Waals surface area contributed by atoms with Crippen LogP contribution in [0.5, 0.6) is 0 Å². The molecule has 150 valence electrons. The van der Waals surface area contributed by atoms with Crippen LogP contribution in [0, 0.1) is 29.4 Å². The molecule has 0 unspecified atom stereocenters. The summed E-state index contributed by atoms with van der Waals surface area (Å²) in [4.78, 5) is 27.7. The quantitative estimate of drug-likeness (QED) is 0.599. The first-order valence-electron chi connectivity index (χ1n) is 9.44. The number of nitro benzene ring substituents is 1. The number of piperazine rings is 1. The number of nitrogens with zero attached hydrogens (tertiary/aromatic N) is 5. The maximum absolute atomic E-state index is 12.5. The van der Waals surface area contributed by atoms with Crippen LogP contribution in [-0.2, 0) is 4.79 Å². The molecule has 28 heavy (non-hydrogen) atoms. The van der Waals surface area contributed by atoms with Crippen LogP contribution >= 0.6 is 0 Å². The van der Waals surface area contributed by atoms with Crippen molar-refractivity contribution < 1.29 is 9.72 Å². The molecule has 1 fully saturated rings. The smallest absolute Gasteiger partial charge is 0.295 e. The predicted octanol–water partition coefficient (Wildman–Crippen LogP) is 3.09. The fourth-order valence-corrected chi connectivity index (χ4v) is 3.55. The number of nitro groups is 1. The molecule has 0 N–H and O–H groups in total. The molecule has 0 spiro atoms. The number of carbonyl (C=O) groups excluding carboxylic acids is 1. The van der Waals surface area contributed by atoms with E-state index in [1.807, 2.05) is 51.7 Å². The highest BCUT2D eigenvalue weighted by Crippen LogP contribution is 2.30. The van der Waals surface area contributed by atoms with Crippen molar-refractivity contribution in [3.8, 4) is 5.69 Å². The van der Waals surface area contributed by atoms with E-state index in [-0.39, 0.29) is 16.5 Å². The largest absolute Gasteiger partial charge is 0.368 e. The standard InChI is InChI=1S/C20H27N5O3/c1-14-12-15(2)24(21-14)18-13-16(6-7-17(18)25(27)28)22-8-10-23(11-9-22)19(26)20(3,4)5/h6-7,12-13H,8-11H2,1-5H3. The lowest BCUT2D eigenvalue weighted by atomic mass is 9.94. The van der Waals surface area contributed by atoms with Crippen molar-refractivity contribution >= 4 is 17.3 Å². The summed E-state index contributed by atoms with van der Waals surface area (Å²) in [5.41, 5.74) is 2.65. The zero-order chi connectivity index (χ0) is 20.6. The average molecular weight is 385 g/mol. The van der Waals surface area contributed by atoms with Crippen molar-refractivity contribution in [2.24, 2.45) is 5.41 Å². The Hall–Kier alpha value is -2.90. The zero-order valence-electron chi connectivity index (χ0n) is 17.1. The molecule has 2 aromatic rings. The van der Waals surface area contributed by atoms with Crippen molar-refractivity contribution in [2.75, 3.05) is 31.1 Å². The molecule has 0 atom stereocenters. The van der Waals surface area contributed by atoms with Crippen molar-refractivity contribution in [3.63, 3.8) is 0 Å². The molecule has 1 aromatic heterocycles. The van der Waals surface area contributed by atoms with Crippen LogP contribution in [0.3, 0.4) is 0 Å². The Morgan fingerprint density at radius 3 is 2.25 bits per heavy atom. The second-order valence-corrected chi connectivity index (χ2v) is 8.30. The summed E-state index contributed by atoms with van der Waals surface area (Å²) in [6, 6.07) is 7.02. The van der Waals surface area contributed by atoms with Crippen molar-refractivity contribution in [3.05, 3.63) is 45.8 Å². The molecular weight excluding hydrogens is 358 g/mol. The molecule has 1 aliphatic rings. The molecule has 0 aliphatic carbocycles. The summed E-state index contributed by atoms with van der Waals surface area (Å²) >= 11 is 0. The van der Waals surface area contributed by atoms with E-state index in [1.54, 1.807) is 10.7 Å². The van der Waals surface area contributed by atoms with Gasteiger partial charge in [-0.25, -0.2) is 4.68 Å². The van der Waals surface area contributed by atoms with E-state index >= 15 is 0 Å². The molecule has 1 aromatic carbocycles. The van der Waals surface area contributed by atoms with Gasteiger partial charge in [0.1, 0.15) is 5.69 Å². The summed E-state index contributed by atoms with van der Waals surface area (Å²) in [5, 5.41) is 15.9. The van der Waals surface area contributed by atoms with Crippen LogP contribution in [0.4, 0.5) is 11.4 Å². The monoisotopic (exact) mass is 385 g/mol. The summed E-state index contributed by atoms with van der Waals surface area (Å²) in [6.45, 7) is 12.2. The van der Waals surface area contributed by atoms with Gasteiger partial charge in [-0.3, -0.25) is 14.9 Å². The molecule has 8 nitrogen and oxygen atoms in total. The van der Waals surface area contributed by atoms with Gasteiger partial charge >= 0.3 is 0 Å².